The Morgan fingerprint density at radius 2 is 0.731 bits per heavy atom. The van der Waals surface area contributed by atoms with Crippen molar-refractivity contribution in [1.29, 1.82) is 0 Å². The lowest BCUT2D eigenvalue weighted by molar-refractivity contribution is -0.115. The Morgan fingerprint density at radius 3 is 0.923 bits per heavy atom. The topological polar surface area (TPSA) is 167 Å². The van der Waals surface area contributed by atoms with Crippen molar-refractivity contribution in [3.05, 3.63) is 108 Å². The first kappa shape index (κ1) is 66.8. The Labute approximate surface area is 470 Å². The van der Waals surface area contributed by atoms with E-state index in [1.54, 1.807) is 21.3 Å². The summed E-state index contributed by atoms with van der Waals surface area (Å²) in [5.74, 6) is 2.04. The summed E-state index contributed by atoms with van der Waals surface area (Å²) in [5, 5.41) is 28.7. The minimum absolute atomic E-state index is 0.0351. The summed E-state index contributed by atoms with van der Waals surface area (Å²) in [6.07, 6.45) is 16.0. The van der Waals surface area contributed by atoms with Gasteiger partial charge in [0.1, 0.15) is 20.4 Å². The van der Waals surface area contributed by atoms with Gasteiger partial charge in [-0.1, -0.05) is 96.2 Å². The van der Waals surface area contributed by atoms with Crippen molar-refractivity contribution in [2.45, 2.75) is 177 Å². The van der Waals surface area contributed by atoms with Crippen LogP contribution >= 0.6 is 0 Å². The maximum atomic E-state index is 12.7. The minimum atomic E-state index is -0.479. The average molecular weight is 1090 g/mol. The second kappa shape index (κ2) is 28.3. The van der Waals surface area contributed by atoms with Gasteiger partial charge < -0.3 is 43.7 Å². The van der Waals surface area contributed by atoms with Gasteiger partial charge in [-0.2, -0.15) is 0 Å². The number of ether oxygens (including phenoxy) is 6. The number of ketones is 3. The molecule has 0 amide bonds. The fourth-order valence-corrected chi connectivity index (χ4v) is 14.3. The van der Waals surface area contributed by atoms with Gasteiger partial charge in [-0.25, -0.2) is 0 Å². The van der Waals surface area contributed by atoms with Gasteiger partial charge in [0, 0.05) is 110 Å². The van der Waals surface area contributed by atoms with Crippen molar-refractivity contribution in [3.8, 4) is 0 Å². The second-order valence-electron chi connectivity index (χ2n) is 24.5. The molecule has 0 aromatic heterocycles. The Bertz CT molecular complexity index is 2070. The van der Waals surface area contributed by atoms with Crippen LogP contribution in [0.3, 0.4) is 0 Å². The van der Waals surface area contributed by atoms with E-state index in [9.17, 15) is 29.7 Å². The van der Waals surface area contributed by atoms with Crippen LogP contribution in [0.25, 0.3) is 0 Å². The lowest BCUT2D eigenvalue weighted by Crippen LogP contribution is -2.43. The third-order valence-corrected chi connectivity index (χ3v) is 20.0. The number of Topliss-reactive ketones (excluding diaryl/α,β-unsaturated/α-hetero) is 3. The van der Waals surface area contributed by atoms with E-state index in [-0.39, 0.29) is 92.1 Å². The highest BCUT2D eigenvalue weighted by atomic mass is 16.7. The summed E-state index contributed by atoms with van der Waals surface area (Å²) >= 11 is 0. The molecule has 3 fully saturated rings. The number of allylic oxidation sites excluding steroid dienone is 6. The zero-order valence-electron chi connectivity index (χ0n) is 50.3. The van der Waals surface area contributed by atoms with Crippen molar-refractivity contribution in [1.82, 2.24) is 0 Å². The van der Waals surface area contributed by atoms with Gasteiger partial charge in [0.25, 0.3) is 0 Å². The molecular formula is C66H102O12. The van der Waals surface area contributed by atoms with Crippen LogP contribution in [0.5, 0.6) is 0 Å². The number of rotatable bonds is 27. The van der Waals surface area contributed by atoms with Crippen molar-refractivity contribution in [3.63, 3.8) is 0 Å². The van der Waals surface area contributed by atoms with Gasteiger partial charge in [-0.3, -0.25) is 14.4 Å². The van der Waals surface area contributed by atoms with E-state index in [2.05, 4.69) is 81.0 Å². The average Bonchev–Trinajstić information content (AvgIpc) is 4.26. The normalized spacial score (nSPS) is 29.3. The zero-order chi connectivity index (χ0) is 58.6. The number of hydrogen-bond donors (Lipinski definition) is 3. The summed E-state index contributed by atoms with van der Waals surface area (Å²) in [5.41, 5.74) is 6.85. The Balaban J connectivity index is 0.000000252. The summed E-state index contributed by atoms with van der Waals surface area (Å²) in [4.78, 5) is 38.2. The van der Waals surface area contributed by atoms with E-state index in [1.165, 1.54) is 16.7 Å². The molecule has 0 spiro atoms. The van der Waals surface area contributed by atoms with Gasteiger partial charge in [-0.15, -0.1) is 19.7 Å². The summed E-state index contributed by atoms with van der Waals surface area (Å²) in [7, 11) is 4.77. The first-order valence-electron chi connectivity index (χ1n) is 28.7. The van der Waals surface area contributed by atoms with Crippen molar-refractivity contribution in [2.75, 3.05) is 61.5 Å². The Hall–Kier alpha value is -3.69. The summed E-state index contributed by atoms with van der Waals surface area (Å²) in [6, 6.07) is 0. The van der Waals surface area contributed by atoms with E-state index < -0.39 is 16.2 Å². The zero-order valence-corrected chi connectivity index (χ0v) is 50.3. The monoisotopic (exact) mass is 1090 g/mol. The molecule has 12 atom stereocenters. The molecular weight excluding hydrogens is 985 g/mol. The van der Waals surface area contributed by atoms with E-state index in [0.29, 0.717) is 56.3 Å². The van der Waals surface area contributed by atoms with Crippen LogP contribution in [0, 0.1) is 50.2 Å². The largest absolute Gasteiger partial charge is 0.396 e. The lowest BCUT2D eigenvalue weighted by Gasteiger charge is -2.46. The molecule has 0 aromatic carbocycles. The van der Waals surface area contributed by atoms with Crippen molar-refractivity contribution < 1.29 is 58.1 Å². The fraction of sp³-hybridized carbons (Fsp3) is 0.682. The SMILES string of the molecule is C=CC(C)(CCO)C(OCOC)C(=C)C12CCC(=O)C1=C(C)C(C)CC2.C=C[C@@](C)(CCO)[C@@H](OCOC)C(=C)[C@]12CCC(=O)C1=C(C)[C@H](C)CC2.C=C[C@](C)(CCO)[C@@H](OCOC)C(=C)[C@]12CCC(=O)C1=C(C)[C@H](C)CC2. The number of methoxy groups -OCH3 is 3. The number of aliphatic hydroxyl groups excluding tert-OH is 3. The van der Waals surface area contributed by atoms with E-state index in [0.717, 1.165) is 91.2 Å². The van der Waals surface area contributed by atoms with Crippen LogP contribution in [-0.2, 0) is 42.8 Å². The highest BCUT2D eigenvalue weighted by Crippen LogP contribution is 2.61. The molecule has 0 bridgehead atoms. The summed E-state index contributed by atoms with van der Waals surface area (Å²) < 4.78 is 33.7. The number of hydrogen-bond acceptors (Lipinski definition) is 12. The molecule has 0 saturated heterocycles. The van der Waals surface area contributed by atoms with Crippen LogP contribution < -0.4 is 0 Å². The van der Waals surface area contributed by atoms with E-state index in [1.807, 2.05) is 39.0 Å². The van der Waals surface area contributed by atoms with Crippen LogP contribution in [0.4, 0.5) is 0 Å². The molecule has 438 valence electrons. The smallest absolute Gasteiger partial charge is 0.159 e. The molecule has 0 radical (unpaired) electrons. The van der Waals surface area contributed by atoms with Crippen molar-refractivity contribution >= 4 is 17.3 Å². The van der Waals surface area contributed by atoms with E-state index >= 15 is 0 Å². The third-order valence-electron chi connectivity index (χ3n) is 20.0. The second-order valence-corrected chi connectivity index (χ2v) is 24.5. The maximum Gasteiger partial charge on any atom is 0.159 e. The molecule has 6 rings (SSSR count). The van der Waals surface area contributed by atoms with Gasteiger partial charge in [0.2, 0.25) is 0 Å². The van der Waals surface area contributed by atoms with Gasteiger partial charge >= 0.3 is 0 Å². The fourth-order valence-electron chi connectivity index (χ4n) is 14.3. The number of carbonyl (C=O) groups is 3. The van der Waals surface area contributed by atoms with E-state index in [4.69, 9.17) is 28.4 Å². The molecule has 12 heteroatoms. The van der Waals surface area contributed by atoms with Gasteiger partial charge in [0.05, 0.1) is 18.3 Å². The molecule has 0 aliphatic heterocycles. The first-order valence-corrected chi connectivity index (χ1v) is 28.7. The molecule has 0 aromatic rings. The molecule has 3 saturated carbocycles. The number of fused-ring (bicyclic) bond motifs is 3. The summed E-state index contributed by atoms with van der Waals surface area (Å²) in [6.45, 7) is 44.8. The number of carbonyl (C=O) groups excluding carboxylic acids is 3. The molecule has 12 nitrogen and oxygen atoms in total. The predicted molar refractivity (Wildman–Crippen MR) is 311 cm³/mol. The molecule has 4 unspecified atom stereocenters. The molecule has 6 aliphatic rings. The van der Waals surface area contributed by atoms with Crippen molar-refractivity contribution in [2.24, 2.45) is 50.2 Å². The highest BCUT2D eigenvalue weighted by molar-refractivity contribution is 6.02. The maximum absolute atomic E-state index is 12.7. The van der Waals surface area contributed by atoms with Crippen LogP contribution in [-0.4, -0.2) is 113 Å². The first-order chi connectivity index (χ1) is 36.8. The van der Waals surface area contributed by atoms with Crippen LogP contribution in [0.2, 0.25) is 0 Å². The Morgan fingerprint density at radius 1 is 0.500 bits per heavy atom. The molecule has 0 heterocycles. The highest BCUT2D eigenvalue weighted by Gasteiger charge is 2.56. The van der Waals surface area contributed by atoms with Crippen LogP contribution in [0.15, 0.2) is 108 Å². The quantitative estimate of drug-likeness (QED) is 0.0527. The predicted octanol–water partition coefficient (Wildman–Crippen LogP) is 12.6. The minimum Gasteiger partial charge on any atom is -0.396 e. The van der Waals surface area contributed by atoms with Gasteiger partial charge in [-0.05, 0) is 132 Å². The standard InChI is InChI=1S/3C22H34O4/c3*1-7-21(5,12-13-23)20(26-14-25-6)17(4)22-10-8-15(2)16(3)19(22)18(24)9-11-22/h3*7,15,20,23H,1,4,8-14H2,2-3,5-6H3/t15-,20+,21+,22+;15-,20+,21-,22+;/m11./s1. The molecule has 3 N–H and O–H groups in total. The lowest BCUT2D eigenvalue weighted by atomic mass is 9.61. The molecule has 6 aliphatic carbocycles. The van der Waals surface area contributed by atoms with Gasteiger partial charge in [0.15, 0.2) is 17.3 Å². The van der Waals surface area contributed by atoms with Crippen LogP contribution in [0.1, 0.15) is 159 Å². The number of aliphatic hydroxyl groups is 3. The molecule has 78 heavy (non-hydrogen) atoms. The third kappa shape index (κ3) is 13.1. The Kier molecular flexibility index (Phi) is 24.3.